The van der Waals surface area contributed by atoms with Crippen molar-refractivity contribution in [2.45, 2.75) is 18.5 Å². The summed E-state index contributed by atoms with van der Waals surface area (Å²) in [6.07, 6.45) is -4.53. The molecule has 0 fully saturated rings. The molecule has 1 aromatic rings. The summed E-state index contributed by atoms with van der Waals surface area (Å²) in [7, 11) is 0. The average Bonchev–Trinajstić information content (AvgIpc) is 2.68. The van der Waals surface area contributed by atoms with Crippen LogP contribution in [0.3, 0.4) is 0 Å². The van der Waals surface area contributed by atoms with E-state index in [4.69, 9.17) is 4.42 Å². The van der Waals surface area contributed by atoms with Crippen LogP contribution in [0.1, 0.15) is 5.76 Å². The number of alkyl halides is 5. The number of nitrogens with one attached hydrogen (secondary N) is 1. The lowest BCUT2D eigenvalue weighted by Gasteiger charge is -2.18. The summed E-state index contributed by atoms with van der Waals surface area (Å²) < 4.78 is 64.9. The number of rotatable bonds is 4. The number of carbonyl (C=O) groups excluding carboxylic acids is 1. The van der Waals surface area contributed by atoms with Gasteiger partial charge in [-0.25, -0.2) is 0 Å². The van der Waals surface area contributed by atoms with Gasteiger partial charge in [-0.15, -0.1) is 0 Å². The molecule has 0 spiro atoms. The topological polar surface area (TPSA) is 42.2 Å². The lowest BCUT2D eigenvalue weighted by molar-refractivity contribution is -0.269. The van der Waals surface area contributed by atoms with E-state index in [1.54, 1.807) is 0 Å². The summed E-state index contributed by atoms with van der Waals surface area (Å²) in [5.74, 6) is -7.37. The SMILES string of the molecule is O=C(NCCc1ccco1)C(F)(F)C(F)(F)F. The molecule has 1 N–H and O–H groups in total. The van der Waals surface area contributed by atoms with E-state index in [9.17, 15) is 26.7 Å². The van der Waals surface area contributed by atoms with Crippen molar-refractivity contribution >= 4 is 5.91 Å². The summed E-state index contributed by atoms with van der Waals surface area (Å²) in [5, 5.41) is 1.50. The van der Waals surface area contributed by atoms with Gasteiger partial charge < -0.3 is 9.73 Å². The Morgan fingerprint density at radius 1 is 1.29 bits per heavy atom. The zero-order valence-electron chi connectivity index (χ0n) is 8.35. The number of hydrogen-bond acceptors (Lipinski definition) is 2. The highest BCUT2D eigenvalue weighted by molar-refractivity contribution is 5.84. The van der Waals surface area contributed by atoms with E-state index in [1.165, 1.54) is 23.7 Å². The lowest BCUT2D eigenvalue weighted by atomic mass is 10.3. The Hall–Kier alpha value is -1.60. The maximum atomic E-state index is 12.4. The maximum Gasteiger partial charge on any atom is 0.463 e. The van der Waals surface area contributed by atoms with Gasteiger partial charge in [0.2, 0.25) is 0 Å². The predicted octanol–water partition coefficient (Wildman–Crippen LogP) is 2.14. The zero-order chi connectivity index (χ0) is 13.1. The van der Waals surface area contributed by atoms with Crippen molar-refractivity contribution in [2.24, 2.45) is 0 Å². The van der Waals surface area contributed by atoms with E-state index in [0.717, 1.165) is 0 Å². The number of halogens is 5. The van der Waals surface area contributed by atoms with Crippen molar-refractivity contribution < 1.29 is 31.2 Å². The third-order valence-electron chi connectivity index (χ3n) is 1.88. The van der Waals surface area contributed by atoms with Crippen LogP contribution in [0, 0.1) is 0 Å². The Balaban J connectivity index is 2.45. The van der Waals surface area contributed by atoms with Crippen LogP contribution in [0.15, 0.2) is 22.8 Å². The van der Waals surface area contributed by atoms with Crippen molar-refractivity contribution in [1.82, 2.24) is 5.32 Å². The molecule has 3 nitrogen and oxygen atoms in total. The summed E-state index contributed by atoms with van der Waals surface area (Å²) in [4.78, 5) is 10.6. The van der Waals surface area contributed by atoms with E-state index >= 15 is 0 Å². The molecule has 1 amide bonds. The van der Waals surface area contributed by atoms with Gasteiger partial charge in [-0.05, 0) is 12.1 Å². The molecule has 0 aliphatic heterocycles. The Kier molecular flexibility index (Phi) is 3.74. The second kappa shape index (κ2) is 4.72. The van der Waals surface area contributed by atoms with Crippen molar-refractivity contribution in [3.63, 3.8) is 0 Å². The molecule has 0 aliphatic rings. The summed E-state index contributed by atoms with van der Waals surface area (Å²) in [5.41, 5.74) is 0. The van der Waals surface area contributed by atoms with Crippen LogP contribution >= 0.6 is 0 Å². The molecule has 1 aromatic heterocycles. The van der Waals surface area contributed by atoms with Crippen LogP contribution in [-0.2, 0) is 11.2 Å². The van der Waals surface area contributed by atoms with Crippen LogP contribution < -0.4 is 5.32 Å². The van der Waals surface area contributed by atoms with Crippen LogP contribution in [0.4, 0.5) is 22.0 Å². The van der Waals surface area contributed by atoms with E-state index < -0.39 is 18.0 Å². The van der Waals surface area contributed by atoms with E-state index in [1.807, 2.05) is 0 Å². The highest BCUT2D eigenvalue weighted by Gasteiger charge is 2.63. The zero-order valence-corrected chi connectivity index (χ0v) is 8.35. The van der Waals surface area contributed by atoms with Crippen molar-refractivity contribution in [2.75, 3.05) is 6.54 Å². The van der Waals surface area contributed by atoms with Crippen LogP contribution in [0.5, 0.6) is 0 Å². The predicted molar refractivity (Wildman–Crippen MR) is 46.4 cm³/mol. The first-order valence-corrected chi connectivity index (χ1v) is 4.50. The molecular weight excluding hydrogens is 249 g/mol. The second-order valence-electron chi connectivity index (χ2n) is 3.16. The minimum atomic E-state index is -5.89. The highest BCUT2D eigenvalue weighted by Crippen LogP contribution is 2.35. The first kappa shape index (κ1) is 13.5. The number of amides is 1. The van der Waals surface area contributed by atoms with Gasteiger partial charge in [-0.2, -0.15) is 22.0 Å². The van der Waals surface area contributed by atoms with Gasteiger partial charge in [0.15, 0.2) is 0 Å². The molecule has 0 aliphatic carbocycles. The fourth-order valence-electron chi connectivity index (χ4n) is 0.994. The molecule has 1 rings (SSSR count). The Bertz CT molecular complexity index is 371. The van der Waals surface area contributed by atoms with Gasteiger partial charge in [-0.1, -0.05) is 0 Å². The lowest BCUT2D eigenvalue weighted by Crippen LogP contribution is -2.50. The first-order chi connectivity index (χ1) is 7.75. The molecule has 96 valence electrons. The molecule has 1 heterocycles. The quantitative estimate of drug-likeness (QED) is 0.839. The van der Waals surface area contributed by atoms with Crippen LogP contribution in [0.2, 0.25) is 0 Å². The summed E-state index contributed by atoms with van der Waals surface area (Å²) >= 11 is 0. The number of carbonyl (C=O) groups is 1. The second-order valence-corrected chi connectivity index (χ2v) is 3.16. The Morgan fingerprint density at radius 3 is 2.41 bits per heavy atom. The van der Waals surface area contributed by atoms with E-state index in [0.29, 0.717) is 5.76 Å². The largest absolute Gasteiger partial charge is 0.469 e. The number of furan rings is 1. The third kappa shape index (κ3) is 3.18. The summed E-state index contributed by atoms with van der Waals surface area (Å²) in [6, 6.07) is 3.04. The highest BCUT2D eigenvalue weighted by atomic mass is 19.4. The van der Waals surface area contributed by atoms with Crippen LogP contribution in [0.25, 0.3) is 0 Å². The molecule has 0 aromatic carbocycles. The van der Waals surface area contributed by atoms with E-state index in [-0.39, 0.29) is 13.0 Å². The smallest absolute Gasteiger partial charge is 0.463 e. The number of hydrogen-bond donors (Lipinski definition) is 1. The van der Waals surface area contributed by atoms with Gasteiger partial charge in [0.25, 0.3) is 5.91 Å². The molecule has 0 atom stereocenters. The normalized spacial score (nSPS) is 12.5. The molecular formula is C9H8F5NO2. The van der Waals surface area contributed by atoms with Gasteiger partial charge in [0.05, 0.1) is 6.26 Å². The molecule has 0 saturated heterocycles. The van der Waals surface area contributed by atoms with Gasteiger partial charge in [-0.3, -0.25) is 4.79 Å². The minimum absolute atomic E-state index is 0.0344. The monoisotopic (exact) mass is 257 g/mol. The van der Waals surface area contributed by atoms with Gasteiger partial charge in [0.1, 0.15) is 5.76 Å². The van der Waals surface area contributed by atoms with Gasteiger partial charge >= 0.3 is 12.1 Å². The van der Waals surface area contributed by atoms with Crippen LogP contribution in [-0.4, -0.2) is 24.6 Å². The Morgan fingerprint density at radius 2 is 1.94 bits per heavy atom. The van der Waals surface area contributed by atoms with Gasteiger partial charge in [0, 0.05) is 13.0 Å². The standard InChI is InChI=1S/C9H8F5NO2/c10-8(11,9(12,13)14)7(16)15-4-3-6-2-1-5-17-6/h1-2,5H,3-4H2,(H,15,16). The minimum Gasteiger partial charge on any atom is -0.469 e. The van der Waals surface area contributed by atoms with E-state index in [2.05, 4.69) is 0 Å². The van der Waals surface area contributed by atoms with Crippen molar-refractivity contribution in [1.29, 1.82) is 0 Å². The molecule has 17 heavy (non-hydrogen) atoms. The van der Waals surface area contributed by atoms with Crippen molar-refractivity contribution in [3.05, 3.63) is 24.2 Å². The molecule has 8 heteroatoms. The fourth-order valence-corrected chi connectivity index (χ4v) is 0.994. The Labute approximate surface area is 92.6 Å². The fraction of sp³-hybridized carbons (Fsp3) is 0.444. The third-order valence-corrected chi connectivity index (χ3v) is 1.88. The molecule has 0 bridgehead atoms. The average molecular weight is 257 g/mol. The summed E-state index contributed by atoms with van der Waals surface area (Å²) in [6.45, 7) is -0.363. The molecule has 0 radical (unpaired) electrons. The van der Waals surface area contributed by atoms with Crippen molar-refractivity contribution in [3.8, 4) is 0 Å². The molecule has 0 unspecified atom stereocenters. The first-order valence-electron chi connectivity index (χ1n) is 4.50. The molecule has 0 saturated carbocycles. The maximum absolute atomic E-state index is 12.4.